The van der Waals surface area contributed by atoms with Gasteiger partial charge in [-0.25, -0.2) is 0 Å². The van der Waals surface area contributed by atoms with E-state index in [-0.39, 0.29) is 12.2 Å². The van der Waals surface area contributed by atoms with Gasteiger partial charge in [-0.05, 0) is 6.42 Å². The van der Waals surface area contributed by atoms with E-state index in [0.29, 0.717) is 19.6 Å². The molecule has 1 fully saturated rings. The Morgan fingerprint density at radius 3 is 3.00 bits per heavy atom. The first kappa shape index (κ1) is 8.25. The maximum atomic E-state index is 11.2. The van der Waals surface area contributed by atoms with Crippen molar-refractivity contribution in [2.75, 3.05) is 13.2 Å². The number of ether oxygens (including phenoxy) is 1. The first-order valence-electron chi connectivity index (χ1n) is 3.52. The molecule has 0 saturated carbocycles. The van der Waals surface area contributed by atoms with Crippen molar-refractivity contribution in [2.45, 2.75) is 18.4 Å². The molecule has 1 rings (SSSR count). The topological polar surface area (TPSA) is 52.3 Å². The van der Waals surface area contributed by atoms with E-state index in [1.807, 2.05) is 0 Å². The molecule has 0 aliphatic carbocycles. The fourth-order valence-electron chi connectivity index (χ4n) is 1.07. The summed E-state index contributed by atoms with van der Waals surface area (Å²) in [6.45, 7) is 0.875. The number of terminal acetylenes is 1. The summed E-state index contributed by atoms with van der Waals surface area (Å²) in [7, 11) is 0. The molecule has 0 radical (unpaired) electrons. The Kier molecular flexibility index (Phi) is 2.28. The molecule has 0 aromatic carbocycles. The minimum absolute atomic E-state index is 0.0856. The van der Waals surface area contributed by atoms with Crippen molar-refractivity contribution < 1.29 is 9.53 Å². The van der Waals surface area contributed by atoms with Crippen LogP contribution in [-0.2, 0) is 9.53 Å². The van der Waals surface area contributed by atoms with Crippen LogP contribution in [0.15, 0.2) is 0 Å². The second kappa shape index (κ2) is 3.04. The van der Waals surface area contributed by atoms with Crippen LogP contribution in [0, 0.1) is 12.3 Å². The maximum Gasteiger partial charge on any atom is 0.166 e. The van der Waals surface area contributed by atoms with Crippen LogP contribution in [0.3, 0.4) is 0 Å². The molecule has 3 nitrogen and oxygen atoms in total. The highest BCUT2D eigenvalue weighted by Gasteiger charge is 2.36. The first-order chi connectivity index (χ1) is 5.19. The molecule has 0 aromatic heterocycles. The molecular weight excluding hydrogens is 142 g/mol. The molecule has 11 heavy (non-hydrogen) atoms. The van der Waals surface area contributed by atoms with E-state index in [1.165, 1.54) is 0 Å². The Balaban J connectivity index is 2.58. The van der Waals surface area contributed by atoms with Gasteiger partial charge >= 0.3 is 0 Å². The Labute approximate surface area is 65.9 Å². The minimum atomic E-state index is -0.799. The van der Waals surface area contributed by atoms with Crippen LogP contribution in [0.2, 0.25) is 0 Å². The molecule has 0 amide bonds. The van der Waals surface area contributed by atoms with Crippen molar-refractivity contribution >= 4 is 5.78 Å². The van der Waals surface area contributed by atoms with Crippen LogP contribution in [0.5, 0.6) is 0 Å². The lowest BCUT2D eigenvalue weighted by atomic mass is 9.93. The lowest BCUT2D eigenvalue weighted by molar-refractivity contribution is -0.123. The number of ketones is 1. The van der Waals surface area contributed by atoms with E-state index in [2.05, 4.69) is 5.92 Å². The molecule has 2 N–H and O–H groups in total. The van der Waals surface area contributed by atoms with Crippen LogP contribution in [0.25, 0.3) is 0 Å². The molecule has 1 unspecified atom stereocenters. The summed E-state index contributed by atoms with van der Waals surface area (Å²) in [5.74, 6) is 2.20. The van der Waals surface area contributed by atoms with E-state index in [0.717, 1.165) is 0 Å². The zero-order chi connectivity index (χ0) is 8.32. The number of hydrogen-bond acceptors (Lipinski definition) is 3. The summed E-state index contributed by atoms with van der Waals surface area (Å²) in [6, 6.07) is 0. The second-order valence-corrected chi connectivity index (χ2v) is 2.76. The Morgan fingerprint density at radius 2 is 2.55 bits per heavy atom. The summed E-state index contributed by atoms with van der Waals surface area (Å²) < 4.78 is 5.01. The second-order valence-electron chi connectivity index (χ2n) is 2.76. The van der Waals surface area contributed by atoms with Gasteiger partial charge in [-0.1, -0.05) is 5.92 Å². The molecule has 0 bridgehead atoms. The quantitative estimate of drug-likeness (QED) is 0.554. The van der Waals surface area contributed by atoms with Gasteiger partial charge in [0.2, 0.25) is 0 Å². The molecule has 1 heterocycles. The molecule has 0 aromatic rings. The number of carbonyl (C=O) groups is 1. The summed E-state index contributed by atoms with van der Waals surface area (Å²) in [6.07, 6.45) is 5.69. The lowest BCUT2D eigenvalue weighted by Crippen LogP contribution is -2.48. The van der Waals surface area contributed by atoms with E-state index in [9.17, 15) is 4.79 Å². The Hall–Kier alpha value is -0.850. The Bertz CT molecular complexity index is 199. The van der Waals surface area contributed by atoms with E-state index in [4.69, 9.17) is 16.9 Å². The molecule has 60 valence electrons. The van der Waals surface area contributed by atoms with Crippen LogP contribution >= 0.6 is 0 Å². The van der Waals surface area contributed by atoms with Gasteiger partial charge in [0.25, 0.3) is 0 Å². The van der Waals surface area contributed by atoms with E-state index in [1.54, 1.807) is 0 Å². The highest BCUT2D eigenvalue weighted by molar-refractivity contribution is 5.90. The van der Waals surface area contributed by atoms with Gasteiger partial charge in [0.05, 0.1) is 13.0 Å². The fourth-order valence-corrected chi connectivity index (χ4v) is 1.07. The predicted octanol–water partition coefficient (Wildman–Crippen LogP) is -0.303. The molecule has 1 atom stereocenters. The van der Waals surface area contributed by atoms with Crippen LogP contribution in [0.4, 0.5) is 0 Å². The van der Waals surface area contributed by atoms with Crippen LogP contribution < -0.4 is 5.73 Å². The summed E-state index contributed by atoms with van der Waals surface area (Å²) >= 11 is 0. The average Bonchev–Trinajstić information content (AvgIpc) is 2.38. The van der Waals surface area contributed by atoms with Crippen molar-refractivity contribution in [3.05, 3.63) is 0 Å². The highest BCUT2D eigenvalue weighted by atomic mass is 16.5. The van der Waals surface area contributed by atoms with E-state index >= 15 is 0 Å². The molecule has 3 heteroatoms. The first-order valence-corrected chi connectivity index (χ1v) is 3.52. The number of nitrogens with two attached hydrogens (primary N) is 1. The number of rotatable bonds is 2. The summed E-state index contributed by atoms with van der Waals surface area (Å²) in [5, 5.41) is 0. The molecular formula is C8H11NO2. The third-order valence-electron chi connectivity index (χ3n) is 1.87. The van der Waals surface area contributed by atoms with Crippen LogP contribution in [-0.4, -0.2) is 24.5 Å². The SMILES string of the molecule is C#CCC(=O)C1(N)CCOC1. The zero-order valence-corrected chi connectivity index (χ0v) is 6.30. The summed E-state index contributed by atoms with van der Waals surface area (Å²) in [5.41, 5.74) is 4.92. The van der Waals surface area contributed by atoms with Crippen molar-refractivity contribution in [1.29, 1.82) is 0 Å². The van der Waals surface area contributed by atoms with Crippen molar-refractivity contribution in [3.8, 4) is 12.3 Å². The van der Waals surface area contributed by atoms with Gasteiger partial charge in [0.15, 0.2) is 5.78 Å². The average molecular weight is 153 g/mol. The minimum Gasteiger partial charge on any atom is -0.379 e. The van der Waals surface area contributed by atoms with Gasteiger partial charge in [-0.3, -0.25) is 4.79 Å². The van der Waals surface area contributed by atoms with Gasteiger partial charge in [-0.2, -0.15) is 0 Å². The van der Waals surface area contributed by atoms with Crippen LogP contribution in [0.1, 0.15) is 12.8 Å². The van der Waals surface area contributed by atoms with Gasteiger partial charge in [-0.15, -0.1) is 6.42 Å². The van der Waals surface area contributed by atoms with Gasteiger partial charge in [0.1, 0.15) is 5.54 Å². The number of hydrogen-bond donors (Lipinski definition) is 1. The van der Waals surface area contributed by atoms with Gasteiger partial charge in [0, 0.05) is 6.61 Å². The monoisotopic (exact) mass is 153 g/mol. The molecule has 1 aliphatic heterocycles. The smallest absolute Gasteiger partial charge is 0.166 e. The van der Waals surface area contributed by atoms with E-state index < -0.39 is 5.54 Å². The predicted molar refractivity (Wildman–Crippen MR) is 40.8 cm³/mol. The van der Waals surface area contributed by atoms with Gasteiger partial charge < -0.3 is 10.5 Å². The molecule has 1 aliphatic rings. The normalized spacial score (nSPS) is 29.8. The largest absolute Gasteiger partial charge is 0.379 e. The molecule has 0 spiro atoms. The lowest BCUT2D eigenvalue weighted by Gasteiger charge is -2.17. The van der Waals surface area contributed by atoms with Crippen molar-refractivity contribution in [1.82, 2.24) is 0 Å². The standard InChI is InChI=1S/C8H11NO2/c1-2-3-7(10)8(9)4-5-11-6-8/h1H,3-6,9H2. The number of carbonyl (C=O) groups excluding carboxylic acids is 1. The van der Waals surface area contributed by atoms with Crippen molar-refractivity contribution in [3.63, 3.8) is 0 Å². The highest BCUT2D eigenvalue weighted by Crippen LogP contribution is 2.17. The van der Waals surface area contributed by atoms with Crippen molar-refractivity contribution in [2.24, 2.45) is 5.73 Å². The Morgan fingerprint density at radius 1 is 1.82 bits per heavy atom. The summed E-state index contributed by atoms with van der Waals surface area (Å²) in [4.78, 5) is 11.2. The maximum absolute atomic E-state index is 11.2. The third kappa shape index (κ3) is 1.59. The zero-order valence-electron chi connectivity index (χ0n) is 6.30. The third-order valence-corrected chi connectivity index (χ3v) is 1.87. The number of Topliss-reactive ketones (excluding diaryl/α,β-unsaturated/α-hetero) is 1. The molecule has 1 saturated heterocycles. The fraction of sp³-hybridized carbons (Fsp3) is 0.625.